The Morgan fingerprint density at radius 2 is 1.73 bits per heavy atom. The van der Waals surface area contributed by atoms with Crippen molar-refractivity contribution in [2.75, 3.05) is 5.32 Å². The van der Waals surface area contributed by atoms with E-state index >= 15 is 0 Å². The Morgan fingerprint density at radius 3 is 2.50 bits per heavy atom. The lowest BCUT2D eigenvalue weighted by molar-refractivity contribution is -0.136. The van der Waals surface area contributed by atoms with Crippen molar-refractivity contribution in [2.45, 2.75) is 6.61 Å². The highest BCUT2D eigenvalue weighted by Crippen LogP contribution is 2.23. The zero-order valence-electron chi connectivity index (χ0n) is 15.6. The predicted molar refractivity (Wildman–Crippen MR) is 121 cm³/mol. The number of nitrogens with zero attached hydrogens (tertiary/aromatic N) is 1. The van der Waals surface area contributed by atoms with Gasteiger partial charge in [0.25, 0.3) is 0 Å². The maximum Gasteiger partial charge on any atom is 0.329 e. The minimum Gasteiger partial charge on any atom is -0.488 e. The fraction of sp³-hybridized carbons (Fsp3) is 0.0455. The van der Waals surface area contributed by atoms with E-state index in [1.54, 1.807) is 36.4 Å². The fourth-order valence-corrected chi connectivity index (χ4v) is 3.00. The number of nitrogens with one attached hydrogen (secondary N) is 2. The van der Waals surface area contributed by atoms with Gasteiger partial charge in [0.1, 0.15) is 12.4 Å². The van der Waals surface area contributed by atoms with E-state index in [4.69, 9.17) is 16.3 Å². The van der Waals surface area contributed by atoms with Crippen molar-refractivity contribution in [3.8, 4) is 5.75 Å². The number of anilines is 1. The van der Waals surface area contributed by atoms with Gasteiger partial charge in [-0.05, 0) is 35.9 Å². The van der Waals surface area contributed by atoms with Crippen molar-refractivity contribution in [2.24, 2.45) is 5.10 Å². The molecule has 0 aromatic heterocycles. The molecule has 0 radical (unpaired) electrons. The molecular weight excluding hydrogens is 470 g/mol. The molecule has 0 heterocycles. The minimum absolute atomic E-state index is 0.330. The summed E-state index contributed by atoms with van der Waals surface area (Å²) in [4.78, 5) is 24.0. The zero-order chi connectivity index (χ0) is 21.3. The fourth-order valence-electron chi connectivity index (χ4n) is 2.44. The highest BCUT2D eigenvalue weighted by molar-refractivity contribution is 9.10. The van der Waals surface area contributed by atoms with E-state index in [2.05, 4.69) is 31.8 Å². The molecule has 8 heteroatoms. The van der Waals surface area contributed by atoms with E-state index in [0.717, 1.165) is 10.0 Å². The number of carbonyl (C=O) groups excluding carboxylic acids is 2. The predicted octanol–water partition coefficient (Wildman–Crippen LogP) is 4.77. The maximum absolute atomic E-state index is 12.0. The second-order valence-electron chi connectivity index (χ2n) is 6.09. The lowest BCUT2D eigenvalue weighted by Gasteiger charge is -2.10. The second-order valence-corrected chi connectivity index (χ2v) is 7.41. The molecule has 0 saturated heterocycles. The van der Waals surface area contributed by atoms with Crippen LogP contribution in [-0.4, -0.2) is 18.0 Å². The number of hydrogen-bond donors (Lipinski definition) is 2. The van der Waals surface area contributed by atoms with E-state index < -0.39 is 11.8 Å². The second kappa shape index (κ2) is 10.6. The summed E-state index contributed by atoms with van der Waals surface area (Å²) in [6.45, 7) is 0.385. The van der Waals surface area contributed by atoms with Gasteiger partial charge >= 0.3 is 11.8 Å². The van der Waals surface area contributed by atoms with Gasteiger partial charge in [-0.2, -0.15) is 5.10 Å². The standard InChI is InChI=1S/C22H17BrClN3O3/c23-17-10-11-20(30-14-15-6-2-1-3-7-15)16(12-17)13-25-27-22(29)21(28)26-19-9-5-4-8-18(19)24/h1-13H,14H2,(H,26,28)(H,27,29)/b25-13-. The Morgan fingerprint density at radius 1 is 1.00 bits per heavy atom. The van der Waals surface area contributed by atoms with Gasteiger partial charge in [-0.15, -0.1) is 0 Å². The van der Waals surface area contributed by atoms with E-state index in [1.807, 2.05) is 36.4 Å². The van der Waals surface area contributed by atoms with Gasteiger partial charge in [0, 0.05) is 10.0 Å². The van der Waals surface area contributed by atoms with Crippen LogP contribution in [0.5, 0.6) is 5.75 Å². The largest absolute Gasteiger partial charge is 0.488 e. The highest BCUT2D eigenvalue weighted by Gasteiger charge is 2.14. The first-order valence-corrected chi connectivity index (χ1v) is 10.1. The zero-order valence-corrected chi connectivity index (χ0v) is 18.0. The van der Waals surface area contributed by atoms with Crippen LogP contribution in [0.3, 0.4) is 0 Å². The van der Waals surface area contributed by atoms with Crippen LogP contribution in [0.15, 0.2) is 82.4 Å². The molecule has 0 unspecified atom stereocenters. The number of benzene rings is 3. The Kier molecular flexibility index (Phi) is 7.59. The monoisotopic (exact) mass is 485 g/mol. The molecule has 0 aliphatic carbocycles. The van der Waals surface area contributed by atoms with Crippen LogP contribution >= 0.6 is 27.5 Å². The number of ether oxygens (including phenoxy) is 1. The Bertz CT molecular complexity index is 1070. The summed E-state index contributed by atoms with van der Waals surface area (Å²) in [7, 11) is 0. The Balaban J connectivity index is 1.62. The summed E-state index contributed by atoms with van der Waals surface area (Å²) in [5, 5.41) is 6.62. The Hall–Kier alpha value is -3.16. The van der Waals surface area contributed by atoms with Crippen molar-refractivity contribution < 1.29 is 14.3 Å². The lowest BCUT2D eigenvalue weighted by Crippen LogP contribution is -2.32. The molecule has 0 aliphatic rings. The van der Waals surface area contributed by atoms with Crippen molar-refractivity contribution in [1.82, 2.24) is 5.43 Å². The summed E-state index contributed by atoms with van der Waals surface area (Å²) in [6.07, 6.45) is 1.41. The normalized spacial score (nSPS) is 10.6. The lowest BCUT2D eigenvalue weighted by atomic mass is 10.2. The average Bonchev–Trinajstić information content (AvgIpc) is 2.75. The molecule has 3 aromatic rings. The summed E-state index contributed by atoms with van der Waals surface area (Å²) in [5.41, 5.74) is 4.19. The van der Waals surface area contributed by atoms with Crippen LogP contribution in [0.4, 0.5) is 5.69 Å². The molecule has 30 heavy (non-hydrogen) atoms. The minimum atomic E-state index is -0.923. The third-order valence-corrected chi connectivity index (χ3v) is 4.73. The summed E-state index contributed by atoms with van der Waals surface area (Å²) in [5.74, 6) is -1.22. The molecule has 0 aliphatic heterocycles. The number of hydrazone groups is 1. The number of rotatable bonds is 6. The molecule has 152 valence electrons. The van der Waals surface area contributed by atoms with Crippen LogP contribution in [0.1, 0.15) is 11.1 Å². The van der Waals surface area contributed by atoms with Crippen LogP contribution < -0.4 is 15.5 Å². The summed E-state index contributed by atoms with van der Waals surface area (Å²) >= 11 is 9.37. The van der Waals surface area contributed by atoms with Gasteiger partial charge in [0.15, 0.2) is 0 Å². The van der Waals surface area contributed by atoms with Crippen LogP contribution in [0.25, 0.3) is 0 Å². The van der Waals surface area contributed by atoms with Crippen LogP contribution in [0.2, 0.25) is 5.02 Å². The number of amides is 2. The van der Waals surface area contributed by atoms with Gasteiger partial charge in [-0.25, -0.2) is 5.43 Å². The molecule has 3 aromatic carbocycles. The van der Waals surface area contributed by atoms with Crippen LogP contribution in [0, 0.1) is 0 Å². The van der Waals surface area contributed by atoms with Gasteiger partial charge in [0.05, 0.1) is 16.9 Å². The molecule has 3 rings (SSSR count). The first-order valence-electron chi connectivity index (χ1n) is 8.88. The Labute approximate surface area is 187 Å². The molecule has 0 bridgehead atoms. The average molecular weight is 487 g/mol. The van der Waals surface area contributed by atoms with Gasteiger partial charge < -0.3 is 10.1 Å². The van der Waals surface area contributed by atoms with E-state index in [0.29, 0.717) is 28.6 Å². The molecule has 0 atom stereocenters. The van der Waals surface area contributed by atoms with Crippen molar-refractivity contribution in [3.63, 3.8) is 0 Å². The number of hydrogen-bond acceptors (Lipinski definition) is 4. The van der Waals surface area contributed by atoms with E-state index in [1.165, 1.54) is 6.21 Å². The molecule has 0 saturated carbocycles. The van der Waals surface area contributed by atoms with Crippen molar-refractivity contribution >= 4 is 51.2 Å². The summed E-state index contributed by atoms with van der Waals surface area (Å²) in [6, 6.07) is 21.8. The first kappa shape index (κ1) is 21.5. The van der Waals surface area contributed by atoms with Gasteiger partial charge in [0.2, 0.25) is 0 Å². The molecule has 2 amide bonds. The van der Waals surface area contributed by atoms with Crippen LogP contribution in [-0.2, 0) is 16.2 Å². The summed E-state index contributed by atoms with van der Waals surface area (Å²) < 4.78 is 6.67. The van der Waals surface area contributed by atoms with Crippen molar-refractivity contribution in [1.29, 1.82) is 0 Å². The first-order chi connectivity index (χ1) is 14.5. The van der Waals surface area contributed by atoms with E-state index in [-0.39, 0.29) is 0 Å². The molecule has 0 fully saturated rings. The third kappa shape index (κ3) is 6.17. The molecule has 0 spiro atoms. The van der Waals surface area contributed by atoms with Gasteiger partial charge in [-0.1, -0.05) is 70.0 Å². The topological polar surface area (TPSA) is 79.8 Å². The number of halogens is 2. The third-order valence-electron chi connectivity index (χ3n) is 3.91. The molecule has 6 nitrogen and oxygen atoms in total. The molecular formula is C22H17BrClN3O3. The SMILES string of the molecule is O=C(N/N=C\c1cc(Br)ccc1OCc1ccccc1)C(=O)Nc1ccccc1Cl. The maximum atomic E-state index is 12.0. The van der Waals surface area contributed by atoms with Crippen molar-refractivity contribution in [3.05, 3.63) is 93.4 Å². The van der Waals surface area contributed by atoms with Gasteiger partial charge in [-0.3, -0.25) is 9.59 Å². The molecule has 2 N–H and O–H groups in total. The quantitative estimate of drug-likeness (QED) is 0.299. The highest BCUT2D eigenvalue weighted by atomic mass is 79.9. The smallest absolute Gasteiger partial charge is 0.329 e. The van der Waals surface area contributed by atoms with E-state index in [9.17, 15) is 9.59 Å². The number of carbonyl (C=O) groups is 2. The number of para-hydroxylation sites is 1.